The first-order valence-electron chi connectivity index (χ1n) is 6.21. The van der Waals surface area contributed by atoms with E-state index in [0.717, 1.165) is 31.9 Å². The lowest BCUT2D eigenvalue weighted by molar-refractivity contribution is 0.265. The van der Waals surface area contributed by atoms with Crippen LogP contribution in [0, 0.1) is 0 Å². The molecule has 2 N–H and O–H groups in total. The van der Waals surface area contributed by atoms with E-state index in [1.165, 1.54) is 11.4 Å². The van der Waals surface area contributed by atoms with Crippen LogP contribution in [-0.2, 0) is 0 Å². The van der Waals surface area contributed by atoms with Crippen LogP contribution in [0.3, 0.4) is 0 Å². The van der Waals surface area contributed by atoms with Crippen molar-refractivity contribution < 1.29 is 0 Å². The fourth-order valence-corrected chi connectivity index (χ4v) is 2.99. The quantitative estimate of drug-likeness (QED) is 0.672. The second kappa shape index (κ2) is 3.81. The summed E-state index contributed by atoms with van der Waals surface area (Å²) in [7, 11) is 4.37. The van der Waals surface area contributed by atoms with Gasteiger partial charge in [-0.25, -0.2) is 0 Å². The summed E-state index contributed by atoms with van der Waals surface area (Å²) in [5, 5.41) is 0. The second-order valence-corrected chi connectivity index (χ2v) is 5.24. The molecule has 1 aromatic rings. The van der Waals surface area contributed by atoms with Gasteiger partial charge in [-0.1, -0.05) is 0 Å². The molecule has 4 nitrogen and oxygen atoms in total. The molecular formula is C13H20N4. The molecule has 0 spiro atoms. The molecule has 2 heterocycles. The van der Waals surface area contributed by atoms with E-state index in [1.807, 2.05) is 6.07 Å². The van der Waals surface area contributed by atoms with Gasteiger partial charge in [0.05, 0.1) is 17.4 Å². The number of piperazine rings is 1. The average molecular weight is 232 g/mol. The third-order valence-electron chi connectivity index (χ3n) is 3.89. The highest BCUT2D eigenvalue weighted by Gasteiger charge is 2.32. The summed E-state index contributed by atoms with van der Waals surface area (Å²) in [6, 6.07) is 6.84. The van der Waals surface area contributed by atoms with Crippen LogP contribution < -0.4 is 15.5 Å². The van der Waals surface area contributed by atoms with E-state index in [9.17, 15) is 0 Å². The summed E-state index contributed by atoms with van der Waals surface area (Å²) < 4.78 is 0. The van der Waals surface area contributed by atoms with Gasteiger partial charge in [0.15, 0.2) is 0 Å². The largest absolute Gasteiger partial charge is 0.399 e. The molecular weight excluding hydrogens is 212 g/mol. The Morgan fingerprint density at radius 2 is 1.94 bits per heavy atom. The van der Waals surface area contributed by atoms with Crippen LogP contribution in [0.2, 0.25) is 0 Å². The Balaban J connectivity index is 2.01. The molecule has 17 heavy (non-hydrogen) atoms. The third kappa shape index (κ3) is 1.72. The maximum absolute atomic E-state index is 5.92. The standard InChI is InChI=1S/C13H20N4/c1-15-5-6-17-11(8-15)9-16(2)12-4-3-10(14)7-13(12)17/h3-4,7,11H,5-6,8-9,14H2,1-2H3/t11-/m1/s1. The van der Waals surface area contributed by atoms with E-state index in [4.69, 9.17) is 5.73 Å². The lowest BCUT2D eigenvalue weighted by Gasteiger charge is -2.48. The van der Waals surface area contributed by atoms with Crippen LogP contribution in [0.5, 0.6) is 0 Å². The van der Waals surface area contributed by atoms with E-state index in [1.54, 1.807) is 0 Å². The van der Waals surface area contributed by atoms with Gasteiger partial charge in [-0.3, -0.25) is 0 Å². The lowest BCUT2D eigenvalue weighted by Crippen LogP contribution is -2.58. The maximum Gasteiger partial charge on any atom is 0.0628 e. The first-order valence-corrected chi connectivity index (χ1v) is 6.21. The number of benzene rings is 1. The van der Waals surface area contributed by atoms with Crippen molar-refractivity contribution in [3.8, 4) is 0 Å². The summed E-state index contributed by atoms with van der Waals surface area (Å²) in [4.78, 5) is 7.27. The van der Waals surface area contributed by atoms with Crippen LogP contribution in [0.4, 0.5) is 17.1 Å². The fraction of sp³-hybridized carbons (Fsp3) is 0.538. The number of nitrogen functional groups attached to an aromatic ring is 1. The van der Waals surface area contributed by atoms with Crippen molar-refractivity contribution in [2.24, 2.45) is 0 Å². The van der Waals surface area contributed by atoms with E-state index < -0.39 is 0 Å². The molecule has 2 aliphatic heterocycles. The summed E-state index contributed by atoms with van der Waals surface area (Å²) in [6.07, 6.45) is 0. The van der Waals surface area contributed by atoms with Crippen LogP contribution >= 0.6 is 0 Å². The minimum absolute atomic E-state index is 0.591. The Bertz CT molecular complexity index is 431. The molecule has 0 aliphatic carbocycles. The van der Waals surface area contributed by atoms with Gasteiger partial charge in [-0.2, -0.15) is 0 Å². The molecule has 4 heteroatoms. The second-order valence-electron chi connectivity index (χ2n) is 5.24. The Morgan fingerprint density at radius 3 is 2.76 bits per heavy atom. The highest BCUT2D eigenvalue weighted by molar-refractivity contribution is 5.77. The van der Waals surface area contributed by atoms with Crippen LogP contribution in [0.25, 0.3) is 0 Å². The summed E-state index contributed by atoms with van der Waals surface area (Å²) in [6.45, 7) is 4.47. The summed E-state index contributed by atoms with van der Waals surface area (Å²) in [5.41, 5.74) is 9.39. The molecule has 0 radical (unpaired) electrons. The average Bonchev–Trinajstić information content (AvgIpc) is 2.28. The molecule has 0 bridgehead atoms. The topological polar surface area (TPSA) is 35.7 Å². The molecule has 0 unspecified atom stereocenters. The number of hydrogen-bond donors (Lipinski definition) is 1. The lowest BCUT2D eigenvalue weighted by atomic mass is 10.0. The number of hydrogen-bond acceptors (Lipinski definition) is 4. The van der Waals surface area contributed by atoms with Gasteiger partial charge in [-0.05, 0) is 25.2 Å². The van der Waals surface area contributed by atoms with Gasteiger partial charge in [-0.15, -0.1) is 0 Å². The van der Waals surface area contributed by atoms with Crippen molar-refractivity contribution in [3.05, 3.63) is 18.2 Å². The van der Waals surface area contributed by atoms with Gasteiger partial charge in [0.2, 0.25) is 0 Å². The van der Waals surface area contributed by atoms with E-state index in [2.05, 4.69) is 40.9 Å². The number of anilines is 3. The third-order valence-corrected chi connectivity index (χ3v) is 3.89. The summed E-state index contributed by atoms with van der Waals surface area (Å²) in [5.74, 6) is 0. The predicted octanol–water partition coefficient (Wildman–Crippen LogP) is 0.839. The first-order chi connectivity index (χ1) is 8.15. The van der Waals surface area contributed by atoms with Gasteiger partial charge >= 0.3 is 0 Å². The highest BCUT2D eigenvalue weighted by atomic mass is 15.3. The number of fused-ring (bicyclic) bond motifs is 3. The summed E-state index contributed by atoms with van der Waals surface area (Å²) >= 11 is 0. The molecule has 92 valence electrons. The van der Waals surface area contributed by atoms with Crippen molar-refractivity contribution >= 4 is 17.1 Å². The Labute approximate surface area is 103 Å². The minimum Gasteiger partial charge on any atom is -0.399 e. The van der Waals surface area contributed by atoms with Crippen LogP contribution in [-0.4, -0.2) is 51.2 Å². The molecule has 1 saturated heterocycles. The predicted molar refractivity (Wildman–Crippen MR) is 72.8 cm³/mol. The van der Waals surface area contributed by atoms with E-state index in [0.29, 0.717) is 6.04 Å². The number of nitrogens with zero attached hydrogens (tertiary/aromatic N) is 3. The zero-order chi connectivity index (χ0) is 12.0. The molecule has 0 aromatic heterocycles. The zero-order valence-corrected chi connectivity index (χ0v) is 10.6. The van der Waals surface area contributed by atoms with Crippen molar-refractivity contribution in [3.63, 3.8) is 0 Å². The Hall–Kier alpha value is -1.42. The van der Waals surface area contributed by atoms with Gasteiger partial charge in [0.25, 0.3) is 0 Å². The van der Waals surface area contributed by atoms with Gasteiger partial charge in [0.1, 0.15) is 0 Å². The molecule has 1 atom stereocenters. The smallest absolute Gasteiger partial charge is 0.0628 e. The van der Waals surface area contributed by atoms with E-state index in [-0.39, 0.29) is 0 Å². The zero-order valence-electron chi connectivity index (χ0n) is 10.6. The van der Waals surface area contributed by atoms with Crippen molar-refractivity contribution in [2.75, 3.05) is 55.8 Å². The van der Waals surface area contributed by atoms with Crippen molar-refractivity contribution in [1.29, 1.82) is 0 Å². The number of nitrogens with two attached hydrogens (primary N) is 1. The molecule has 1 fully saturated rings. The first kappa shape index (κ1) is 10.7. The van der Waals surface area contributed by atoms with E-state index >= 15 is 0 Å². The molecule has 1 aromatic carbocycles. The molecule has 0 saturated carbocycles. The molecule has 0 amide bonds. The van der Waals surface area contributed by atoms with Gasteiger partial charge in [0, 0.05) is 38.9 Å². The SMILES string of the molecule is CN1CCN2c3cc(N)ccc3N(C)C[C@H]2C1. The van der Waals surface area contributed by atoms with Crippen LogP contribution in [0.15, 0.2) is 18.2 Å². The van der Waals surface area contributed by atoms with Crippen molar-refractivity contribution in [1.82, 2.24) is 4.90 Å². The molecule has 3 rings (SSSR count). The maximum atomic E-state index is 5.92. The highest BCUT2D eigenvalue weighted by Crippen LogP contribution is 2.37. The fourth-order valence-electron chi connectivity index (χ4n) is 2.99. The van der Waals surface area contributed by atoms with Crippen molar-refractivity contribution in [2.45, 2.75) is 6.04 Å². The Kier molecular flexibility index (Phi) is 2.40. The monoisotopic (exact) mass is 232 g/mol. The minimum atomic E-state index is 0.591. The number of likely N-dealkylation sites (N-methyl/N-ethyl adjacent to an activating group) is 2. The number of rotatable bonds is 0. The Morgan fingerprint density at radius 1 is 1.12 bits per heavy atom. The van der Waals surface area contributed by atoms with Gasteiger partial charge < -0.3 is 20.4 Å². The normalized spacial score (nSPS) is 24.5. The van der Waals surface area contributed by atoms with Crippen LogP contribution in [0.1, 0.15) is 0 Å². The molecule has 2 aliphatic rings.